The van der Waals surface area contributed by atoms with Crippen molar-refractivity contribution in [3.8, 4) is 11.3 Å². The van der Waals surface area contributed by atoms with Crippen LogP contribution in [0.25, 0.3) is 22.3 Å². The molecule has 3 amide bonds. The van der Waals surface area contributed by atoms with Crippen molar-refractivity contribution in [1.82, 2.24) is 24.7 Å². The molecule has 0 radical (unpaired) electrons. The number of aryl methyl sites for hydroxylation is 1. The molecule has 0 aliphatic carbocycles. The van der Waals surface area contributed by atoms with Gasteiger partial charge in [0.05, 0.1) is 30.0 Å². The van der Waals surface area contributed by atoms with Crippen molar-refractivity contribution in [2.75, 3.05) is 26.3 Å². The lowest BCUT2D eigenvalue weighted by atomic mass is 9.99. The van der Waals surface area contributed by atoms with E-state index in [-0.39, 0.29) is 24.9 Å². The maximum absolute atomic E-state index is 12.4. The molecule has 3 aliphatic rings. The van der Waals surface area contributed by atoms with Crippen LogP contribution >= 0.6 is 11.6 Å². The molecule has 5 heterocycles. The molecule has 1 aromatic carbocycles. The Morgan fingerprint density at radius 2 is 1.97 bits per heavy atom. The molecule has 0 spiro atoms. The topological polar surface area (TPSA) is 96.8 Å². The summed E-state index contributed by atoms with van der Waals surface area (Å²) in [7, 11) is 0. The van der Waals surface area contributed by atoms with Crippen LogP contribution in [0.4, 0.5) is 0 Å². The summed E-state index contributed by atoms with van der Waals surface area (Å²) in [6.45, 7) is 6.55. The van der Waals surface area contributed by atoms with Crippen molar-refractivity contribution in [2.45, 2.75) is 57.8 Å². The van der Waals surface area contributed by atoms with Crippen molar-refractivity contribution in [3.05, 3.63) is 52.2 Å². The number of nitrogens with one attached hydrogen (secondary N) is 1. The zero-order valence-electron chi connectivity index (χ0n) is 22.0. The first-order valence-electron chi connectivity index (χ1n) is 13.6. The molecule has 1 N–H and O–H groups in total. The van der Waals surface area contributed by atoms with Gasteiger partial charge in [-0.15, -0.1) is 0 Å². The number of halogens is 1. The van der Waals surface area contributed by atoms with Gasteiger partial charge in [-0.25, -0.2) is 4.98 Å². The normalized spacial score (nSPS) is 20.3. The average molecular weight is 550 g/mol. The number of imide groups is 1. The molecular formula is C29H32ClN5O4. The molecular weight excluding hydrogens is 518 g/mol. The summed E-state index contributed by atoms with van der Waals surface area (Å²) in [6.07, 6.45) is 5.74. The molecule has 204 valence electrons. The number of aromatic nitrogens is 2. The Morgan fingerprint density at radius 3 is 2.67 bits per heavy atom. The first-order chi connectivity index (χ1) is 18.9. The van der Waals surface area contributed by atoms with Crippen LogP contribution in [0, 0.1) is 6.92 Å². The summed E-state index contributed by atoms with van der Waals surface area (Å²) in [4.78, 5) is 45.1. The number of pyridine rings is 1. The number of nitrogens with zero attached hydrogens (tertiary/aromatic N) is 4. The van der Waals surface area contributed by atoms with E-state index >= 15 is 0 Å². The third-order valence-electron chi connectivity index (χ3n) is 8.18. The Balaban J connectivity index is 1.38. The van der Waals surface area contributed by atoms with Crippen LogP contribution in [0.2, 0.25) is 5.02 Å². The van der Waals surface area contributed by atoms with Gasteiger partial charge in [0, 0.05) is 36.7 Å². The van der Waals surface area contributed by atoms with E-state index in [1.54, 1.807) is 0 Å². The Kier molecular flexibility index (Phi) is 7.14. The van der Waals surface area contributed by atoms with Crippen LogP contribution in [-0.2, 0) is 32.2 Å². The van der Waals surface area contributed by atoms with Crippen molar-refractivity contribution in [1.29, 1.82) is 0 Å². The van der Waals surface area contributed by atoms with Gasteiger partial charge >= 0.3 is 0 Å². The number of carbonyl (C=O) groups excluding carboxylic acids is 3. The Bertz CT molecular complexity index is 1440. The van der Waals surface area contributed by atoms with Gasteiger partial charge in [-0.2, -0.15) is 0 Å². The summed E-state index contributed by atoms with van der Waals surface area (Å²) in [5, 5.41) is 4.07. The van der Waals surface area contributed by atoms with Crippen molar-refractivity contribution < 1.29 is 19.1 Å². The van der Waals surface area contributed by atoms with Crippen LogP contribution in [0.5, 0.6) is 0 Å². The molecule has 1 atom stereocenters. The van der Waals surface area contributed by atoms with Gasteiger partial charge in [-0.05, 0) is 80.2 Å². The second-order valence-corrected chi connectivity index (χ2v) is 11.2. The summed E-state index contributed by atoms with van der Waals surface area (Å²) in [5.74, 6) is -0.749. The number of hydrogen-bond acceptors (Lipinski definition) is 6. The van der Waals surface area contributed by atoms with Gasteiger partial charge in [-0.1, -0.05) is 11.6 Å². The molecule has 9 nitrogen and oxygen atoms in total. The summed E-state index contributed by atoms with van der Waals surface area (Å²) in [6, 6.07) is 7.75. The fraction of sp³-hybridized carbons (Fsp3) is 0.448. The lowest BCUT2D eigenvalue weighted by Gasteiger charge is -2.30. The minimum atomic E-state index is -0.687. The standard InChI is InChI=1S/C29H32ClN5O4/c1-18-10-24(30)23(11-19(18)14-34(17-36)26-4-5-27(37)32-29(26)38)25-12-20(13-33-7-2-3-8-33)22-6-9-35(28(22)31-25)21-15-39-16-21/h6,9-12,17,21,26H,2-5,7-8,13-16H2,1H3,(H,32,37,38). The number of benzene rings is 1. The number of rotatable bonds is 8. The van der Waals surface area contributed by atoms with Gasteiger partial charge in [-0.3, -0.25) is 24.6 Å². The van der Waals surface area contributed by atoms with E-state index in [0.29, 0.717) is 31.1 Å². The predicted octanol–water partition coefficient (Wildman–Crippen LogP) is 3.60. The summed E-state index contributed by atoms with van der Waals surface area (Å²) < 4.78 is 7.67. The van der Waals surface area contributed by atoms with E-state index in [1.165, 1.54) is 23.3 Å². The highest BCUT2D eigenvalue weighted by atomic mass is 35.5. The molecule has 10 heteroatoms. The molecule has 1 unspecified atom stereocenters. The van der Waals surface area contributed by atoms with Gasteiger partial charge in [0.25, 0.3) is 0 Å². The highest BCUT2D eigenvalue weighted by Gasteiger charge is 2.31. The quantitative estimate of drug-likeness (QED) is 0.341. The maximum atomic E-state index is 12.4. The zero-order chi connectivity index (χ0) is 27.1. The number of amides is 3. The first kappa shape index (κ1) is 26.0. The van der Waals surface area contributed by atoms with E-state index in [2.05, 4.69) is 33.1 Å². The number of hydrogen-bond donors (Lipinski definition) is 1. The summed E-state index contributed by atoms with van der Waals surface area (Å²) >= 11 is 6.82. The molecule has 0 saturated carbocycles. The fourth-order valence-corrected chi connectivity index (χ4v) is 6.14. The average Bonchev–Trinajstić information content (AvgIpc) is 3.54. The van der Waals surface area contributed by atoms with Crippen LogP contribution in [0.3, 0.4) is 0 Å². The molecule has 2 aromatic heterocycles. The van der Waals surface area contributed by atoms with E-state index in [1.807, 2.05) is 19.1 Å². The van der Waals surface area contributed by atoms with Gasteiger partial charge in [0.15, 0.2) is 0 Å². The van der Waals surface area contributed by atoms with Crippen molar-refractivity contribution in [2.24, 2.45) is 0 Å². The number of carbonyl (C=O) groups is 3. The highest BCUT2D eigenvalue weighted by molar-refractivity contribution is 6.33. The first-order valence-corrected chi connectivity index (χ1v) is 13.9. The highest BCUT2D eigenvalue weighted by Crippen LogP contribution is 2.35. The monoisotopic (exact) mass is 549 g/mol. The largest absolute Gasteiger partial charge is 0.377 e. The lowest BCUT2D eigenvalue weighted by molar-refractivity contribution is -0.141. The molecule has 6 rings (SSSR count). The number of ether oxygens (including phenoxy) is 1. The van der Waals surface area contributed by atoms with Crippen molar-refractivity contribution >= 4 is 40.9 Å². The number of piperidine rings is 1. The van der Waals surface area contributed by atoms with Crippen LogP contribution < -0.4 is 5.32 Å². The Hall–Kier alpha value is -3.27. The van der Waals surface area contributed by atoms with Crippen LogP contribution in [-0.4, -0.2) is 69.9 Å². The zero-order valence-corrected chi connectivity index (χ0v) is 22.7. The number of likely N-dealkylation sites (tertiary alicyclic amines) is 1. The minimum absolute atomic E-state index is 0.209. The van der Waals surface area contributed by atoms with E-state index in [0.717, 1.165) is 53.1 Å². The van der Waals surface area contributed by atoms with E-state index < -0.39 is 11.9 Å². The smallest absolute Gasteiger partial charge is 0.249 e. The van der Waals surface area contributed by atoms with Crippen LogP contribution in [0.15, 0.2) is 30.5 Å². The minimum Gasteiger partial charge on any atom is -0.377 e. The molecule has 3 aromatic rings. The third-order valence-corrected chi connectivity index (χ3v) is 8.49. The Morgan fingerprint density at radius 1 is 1.18 bits per heavy atom. The van der Waals surface area contributed by atoms with E-state index in [9.17, 15) is 14.4 Å². The molecule has 3 fully saturated rings. The molecule has 3 aliphatic heterocycles. The molecule has 0 bridgehead atoms. The third kappa shape index (κ3) is 5.06. The van der Waals surface area contributed by atoms with E-state index in [4.69, 9.17) is 21.3 Å². The fourth-order valence-electron chi connectivity index (χ4n) is 5.83. The number of fused-ring (bicyclic) bond motifs is 1. The second kappa shape index (κ2) is 10.7. The predicted molar refractivity (Wildman–Crippen MR) is 147 cm³/mol. The maximum Gasteiger partial charge on any atom is 0.249 e. The van der Waals surface area contributed by atoms with Crippen LogP contribution in [0.1, 0.15) is 48.4 Å². The van der Waals surface area contributed by atoms with Crippen molar-refractivity contribution in [3.63, 3.8) is 0 Å². The Labute approximate surface area is 232 Å². The van der Waals surface area contributed by atoms with Gasteiger partial charge in [0.1, 0.15) is 11.7 Å². The summed E-state index contributed by atoms with van der Waals surface area (Å²) in [5.41, 5.74) is 5.49. The second-order valence-electron chi connectivity index (χ2n) is 10.8. The van der Waals surface area contributed by atoms with Gasteiger partial charge in [0.2, 0.25) is 18.2 Å². The molecule has 39 heavy (non-hydrogen) atoms. The van der Waals surface area contributed by atoms with Gasteiger partial charge < -0.3 is 14.2 Å². The SMILES string of the molecule is Cc1cc(Cl)c(-c2cc(CN3CCCC3)c3ccn(C4COC4)c3n2)cc1CN(C=O)C1CCC(=O)NC1=O. The molecule has 3 saturated heterocycles. The lowest BCUT2D eigenvalue weighted by Crippen LogP contribution is -2.51.